The Morgan fingerprint density at radius 2 is 2.05 bits per heavy atom. The van der Waals surface area contributed by atoms with Crippen LogP contribution in [0.5, 0.6) is 0 Å². The summed E-state index contributed by atoms with van der Waals surface area (Å²) in [5, 5.41) is 0. The number of nitrogen functional groups attached to an aromatic ring is 1. The number of aryl methyl sites for hydroxylation is 1. The molecule has 2 nitrogen and oxygen atoms in total. The highest BCUT2D eigenvalue weighted by atomic mass is 19.1. The Morgan fingerprint density at radius 3 is 2.90 bits per heavy atom. The lowest BCUT2D eigenvalue weighted by atomic mass is 9.96. The van der Waals surface area contributed by atoms with Gasteiger partial charge in [-0.05, 0) is 55.2 Å². The van der Waals surface area contributed by atoms with Crippen LogP contribution < -0.4 is 10.6 Å². The van der Waals surface area contributed by atoms with Gasteiger partial charge in [0.15, 0.2) is 0 Å². The molecule has 0 saturated heterocycles. The minimum atomic E-state index is -0.229. The second-order valence-electron chi connectivity index (χ2n) is 5.49. The van der Waals surface area contributed by atoms with Crippen LogP contribution in [0.1, 0.15) is 24.5 Å². The van der Waals surface area contributed by atoms with Crippen molar-refractivity contribution in [1.29, 1.82) is 0 Å². The Hall–Kier alpha value is -2.03. The average molecular weight is 270 g/mol. The number of nitrogens with zero attached hydrogens (tertiary/aromatic N) is 1. The number of rotatable bonds is 2. The molecular weight excluding hydrogens is 251 g/mol. The third kappa shape index (κ3) is 2.36. The van der Waals surface area contributed by atoms with Crippen molar-refractivity contribution in [2.75, 3.05) is 10.6 Å². The molecule has 2 N–H and O–H groups in total. The molecule has 0 amide bonds. The lowest BCUT2D eigenvalue weighted by Crippen LogP contribution is -2.36. The first-order chi connectivity index (χ1) is 9.65. The van der Waals surface area contributed by atoms with Crippen LogP contribution in [0.15, 0.2) is 42.5 Å². The molecule has 1 aliphatic rings. The Labute approximate surface area is 119 Å². The van der Waals surface area contributed by atoms with Crippen LogP contribution in [0.2, 0.25) is 0 Å². The highest BCUT2D eigenvalue weighted by Crippen LogP contribution is 2.32. The van der Waals surface area contributed by atoms with Crippen LogP contribution in [-0.4, -0.2) is 6.04 Å². The Kier molecular flexibility index (Phi) is 3.35. The third-order valence-corrected chi connectivity index (χ3v) is 4.11. The summed E-state index contributed by atoms with van der Waals surface area (Å²) in [4.78, 5) is 2.32. The first-order valence-electron chi connectivity index (χ1n) is 7.03. The van der Waals surface area contributed by atoms with Crippen LogP contribution in [-0.2, 0) is 13.0 Å². The molecular formula is C17H19FN2. The van der Waals surface area contributed by atoms with Gasteiger partial charge in [0, 0.05) is 24.0 Å². The van der Waals surface area contributed by atoms with Crippen molar-refractivity contribution >= 4 is 11.4 Å². The first kappa shape index (κ1) is 13.0. The number of hydrogen-bond acceptors (Lipinski definition) is 2. The zero-order valence-electron chi connectivity index (χ0n) is 11.6. The number of fused-ring (bicyclic) bond motifs is 1. The van der Waals surface area contributed by atoms with Gasteiger partial charge in [0.1, 0.15) is 5.82 Å². The Morgan fingerprint density at radius 1 is 1.25 bits per heavy atom. The molecule has 1 aliphatic heterocycles. The molecule has 20 heavy (non-hydrogen) atoms. The van der Waals surface area contributed by atoms with Gasteiger partial charge in [-0.2, -0.15) is 0 Å². The van der Waals surface area contributed by atoms with Crippen LogP contribution in [0.25, 0.3) is 0 Å². The van der Waals surface area contributed by atoms with Crippen molar-refractivity contribution in [3.05, 3.63) is 59.4 Å². The number of halogens is 1. The molecule has 0 radical (unpaired) electrons. The maximum Gasteiger partial charge on any atom is 0.123 e. The number of anilines is 2. The molecule has 104 valence electrons. The van der Waals surface area contributed by atoms with Gasteiger partial charge in [-0.1, -0.05) is 18.2 Å². The van der Waals surface area contributed by atoms with Crippen molar-refractivity contribution < 1.29 is 4.39 Å². The fourth-order valence-electron chi connectivity index (χ4n) is 2.90. The van der Waals surface area contributed by atoms with E-state index in [2.05, 4.69) is 36.1 Å². The maximum atomic E-state index is 13.4. The molecule has 0 fully saturated rings. The second kappa shape index (κ2) is 5.16. The maximum absolute atomic E-state index is 13.4. The first-order valence-corrected chi connectivity index (χ1v) is 7.03. The minimum absolute atomic E-state index is 0.229. The fraction of sp³-hybridized carbons (Fsp3) is 0.294. The summed E-state index contributed by atoms with van der Waals surface area (Å²) >= 11 is 0. The zero-order valence-corrected chi connectivity index (χ0v) is 11.6. The van der Waals surface area contributed by atoms with Crippen molar-refractivity contribution in [1.82, 2.24) is 0 Å². The standard InChI is InChI=1S/C17H19FN2/c1-12-6-7-13-4-2-3-5-17(13)20(12)11-14-10-15(18)8-9-16(14)19/h2-5,8-10,12H,6-7,11,19H2,1H3. The van der Waals surface area contributed by atoms with Gasteiger partial charge in [-0.15, -0.1) is 0 Å². The topological polar surface area (TPSA) is 29.3 Å². The summed E-state index contributed by atoms with van der Waals surface area (Å²) in [5.74, 6) is -0.229. The minimum Gasteiger partial charge on any atom is -0.398 e. The second-order valence-corrected chi connectivity index (χ2v) is 5.49. The van der Waals surface area contributed by atoms with E-state index >= 15 is 0 Å². The van der Waals surface area contributed by atoms with Crippen molar-refractivity contribution in [3.8, 4) is 0 Å². The van der Waals surface area contributed by atoms with Crippen LogP contribution in [0.4, 0.5) is 15.8 Å². The van der Waals surface area contributed by atoms with E-state index in [4.69, 9.17) is 5.73 Å². The smallest absolute Gasteiger partial charge is 0.123 e. The number of nitrogens with two attached hydrogens (primary N) is 1. The predicted molar refractivity (Wildman–Crippen MR) is 81.2 cm³/mol. The van der Waals surface area contributed by atoms with E-state index in [0.717, 1.165) is 18.4 Å². The van der Waals surface area contributed by atoms with Gasteiger partial charge in [0.05, 0.1) is 0 Å². The number of hydrogen-bond donors (Lipinski definition) is 1. The lowest BCUT2D eigenvalue weighted by Gasteiger charge is -2.37. The molecule has 0 aromatic heterocycles. The Balaban J connectivity index is 1.95. The van der Waals surface area contributed by atoms with Crippen LogP contribution in [0.3, 0.4) is 0 Å². The zero-order chi connectivity index (χ0) is 14.1. The molecule has 0 saturated carbocycles. The number of para-hydroxylation sites is 1. The summed E-state index contributed by atoms with van der Waals surface area (Å²) in [6.07, 6.45) is 2.22. The molecule has 3 heteroatoms. The van der Waals surface area contributed by atoms with Crippen molar-refractivity contribution in [2.45, 2.75) is 32.4 Å². The predicted octanol–water partition coefficient (Wildman–Crippen LogP) is 3.75. The molecule has 0 spiro atoms. The van der Waals surface area contributed by atoms with E-state index < -0.39 is 0 Å². The normalized spacial score (nSPS) is 17.9. The van der Waals surface area contributed by atoms with E-state index in [9.17, 15) is 4.39 Å². The summed E-state index contributed by atoms with van der Waals surface area (Å²) < 4.78 is 13.4. The van der Waals surface area contributed by atoms with Gasteiger partial charge >= 0.3 is 0 Å². The van der Waals surface area contributed by atoms with Gasteiger partial charge < -0.3 is 10.6 Å². The Bertz CT molecular complexity index is 624. The van der Waals surface area contributed by atoms with E-state index in [-0.39, 0.29) is 5.82 Å². The fourth-order valence-corrected chi connectivity index (χ4v) is 2.90. The van der Waals surface area contributed by atoms with Gasteiger partial charge in [-0.3, -0.25) is 0 Å². The van der Waals surface area contributed by atoms with Gasteiger partial charge in [-0.25, -0.2) is 4.39 Å². The van der Waals surface area contributed by atoms with Crippen molar-refractivity contribution in [3.63, 3.8) is 0 Å². The summed E-state index contributed by atoms with van der Waals surface area (Å²) in [7, 11) is 0. The SMILES string of the molecule is CC1CCc2ccccc2N1Cc1cc(F)ccc1N. The average Bonchev–Trinajstić information content (AvgIpc) is 2.46. The van der Waals surface area contributed by atoms with Crippen molar-refractivity contribution in [2.24, 2.45) is 0 Å². The monoisotopic (exact) mass is 270 g/mol. The van der Waals surface area contributed by atoms with Gasteiger partial charge in [0.25, 0.3) is 0 Å². The molecule has 0 aliphatic carbocycles. The molecule has 1 unspecified atom stereocenters. The van der Waals surface area contributed by atoms with E-state index in [0.29, 0.717) is 18.3 Å². The molecule has 3 rings (SSSR count). The quantitative estimate of drug-likeness (QED) is 0.842. The van der Waals surface area contributed by atoms with Crippen LogP contribution >= 0.6 is 0 Å². The molecule has 1 heterocycles. The summed E-state index contributed by atoms with van der Waals surface area (Å²) in [6, 6.07) is 13.5. The summed E-state index contributed by atoms with van der Waals surface area (Å²) in [5.41, 5.74) is 10.1. The van der Waals surface area contributed by atoms with Crippen LogP contribution in [0, 0.1) is 5.82 Å². The molecule has 1 atom stereocenters. The summed E-state index contributed by atoms with van der Waals surface area (Å²) in [6.45, 7) is 2.87. The van der Waals surface area contributed by atoms with E-state index in [1.54, 1.807) is 12.1 Å². The largest absolute Gasteiger partial charge is 0.398 e. The highest BCUT2D eigenvalue weighted by Gasteiger charge is 2.23. The van der Waals surface area contributed by atoms with E-state index in [1.807, 2.05) is 0 Å². The number of benzene rings is 2. The molecule has 0 bridgehead atoms. The molecule has 2 aromatic carbocycles. The van der Waals surface area contributed by atoms with Gasteiger partial charge in [0.2, 0.25) is 0 Å². The highest BCUT2D eigenvalue weighted by molar-refractivity contribution is 5.58. The lowest BCUT2D eigenvalue weighted by molar-refractivity contribution is 0.558. The third-order valence-electron chi connectivity index (χ3n) is 4.11. The van der Waals surface area contributed by atoms with E-state index in [1.165, 1.54) is 17.3 Å². The molecule has 2 aromatic rings.